The normalized spacial score (nSPS) is 15.1. The summed E-state index contributed by atoms with van der Waals surface area (Å²) in [7, 11) is 0. The lowest BCUT2D eigenvalue weighted by Crippen LogP contribution is -2.55. The lowest BCUT2D eigenvalue weighted by molar-refractivity contribution is -0.0671. The van der Waals surface area contributed by atoms with E-state index >= 15 is 0 Å². The van der Waals surface area contributed by atoms with Crippen LogP contribution in [0.3, 0.4) is 0 Å². The zero-order valence-corrected chi connectivity index (χ0v) is 18.3. The fraction of sp³-hybridized carbons (Fsp3) is 0.579. The van der Waals surface area contributed by atoms with E-state index in [2.05, 4.69) is 22.2 Å². The van der Waals surface area contributed by atoms with Crippen LogP contribution in [0.25, 0.3) is 10.2 Å². The Bertz CT molecular complexity index is 946. The summed E-state index contributed by atoms with van der Waals surface area (Å²) >= 11 is 1.57. The number of ether oxygens (including phenoxy) is 1. The van der Waals surface area contributed by atoms with E-state index in [0.717, 1.165) is 27.9 Å². The van der Waals surface area contributed by atoms with Crippen molar-refractivity contribution in [2.24, 2.45) is 0 Å². The second-order valence-electron chi connectivity index (χ2n) is 7.04. The molecule has 1 fully saturated rings. The first-order chi connectivity index (χ1) is 14.7. The Morgan fingerprint density at radius 3 is 2.71 bits per heavy atom. The molecule has 3 rings (SSSR count). The maximum Gasteiger partial charge on any atom is 0.449 e. The number of nitrogens with zero attached hydrogens (tertiary/aromatic N) is 4. The molecule has 12 heteroatoms. The molecule has 0 saturated carbocycles. The number of piperazine rings is 1. The van der Waals surface area contributed by atoms with Crippen LogP contribution < -0.4 is 10.2 Å². The second-order valence-corrected chi connectivity index (χ2v) is 8.16. The highest BCUT2D eigenvalue weighted by molar-refractivity contribution is 7.18. The van der Waals surface area contributed by atoms with Crippen molar-refractivity contribution in [3.8, 4) is 0 Å². The molecular formula is C19H26F3N7OS. The number of hydrogen-bond donors (Lipinski definition) is 3. The van der Waals surface area contributed by atoms with Gasteiger partial charge in [0.15, 0.2) is 0 Å². The Balaban J connectivity index is 1.87. The molecule has 2 aromatic heterocycles. The molecule has 3 heterocycles. The third-order valence-corrected chi connectivity index (χ3v) is 5.84. The number of anilines is 2. The summed E-state index contributed by atoms with van der Waals surface area (Å²) in [4.78, 5) is 13.6. The predicted octanol–water partition coefficient (Wildman–Crippen LogP) is 3.73. The molecule has 0 radical (unpaired) electrons. The summed E-state index contributed by atoms with van der Waals surface area (Å²) in [6.45, 7) is 5.67. The first-order valence-corrected chi connectivity index (χ1v) is 10.9. The zero-order valence-electron chi connectivity index (χ0n) is 17.5. The van der Waals surface area contributed by atoms with Crippen LogP contribution in [0.15, 0.2) is 6.07 Å². The molecule has 0 amide bonds. The summed E-state index contributed by atoms with van der Waals surface area (Å²) in [5.41, 5.74) is 0. The van der Waals surface area contributed by atoms with Crippen molar-refractivity contribution in [1.29, 1.82) is 10.8 Å². The Morgan fingerprint density at radius 2 is 2.06 bits per heavy atom. The average Bonchev–Trinajstić information content (AvgIpc) is 3.12. The highest BCUT2D eigenvalue weighted by atomic mass is 32.1. The highest BCUT2D eigenvalue weighted by Gasteiger charge is 2.41. The molecule has 1 aliphatic heterocycles. The molecule has 1 saturated heterocycles. The zero-order chi connectivity index (χ0) is 22.6. The van der Waals surface area contributed by atoms with Crippen LogP contribution in [-0.2, 0) is 11.2 Å². The highest BCUT2D eigenvalue weighted by Crippen LogP contribution is 2.33. The quantitative estimate of drug-likeness (QED) is 0.317. The first kappa shape index (κ1) is 23.2. The number of fused-ring (bicyclic) bond motifs is 1. The molecule has 0 aliphatic carbocycles. The van der Waals surface area contributed by atoms with Gasteiger partial charge in [-0.3, -0.25) is 10.8 Å². The van der Waals surface area contributed by atoms with Gasteiger partial charge in [0, 0.05) is 31.1 Å². The molecular weight excluding hydrogens is 431 g/mol. The van der Waals surface area contributed by atoms with Crippen LogP contribution in [0.2, 0.25) is 0 Å². The van der Waals surface area contributed by atoms with Crippen molar-refractivity contribution in [3.05, 3.63) is 10.9 Å². The Labute approximate surface area is 182 Å². The van der Waals surface area contributed by atoms with E-state index in [9.17, 15) is 13.2 Å². The van der Waals surface area contributed by atoms with Crippen molar-refractivity contribution in [1.82, 2.24) is 14.9 Å². The van der Waals surface area contributed by atoms with Crippen LogP contribution in [0.5, 0.6) is 0 Å². The second kappa shape index (κ2) is 9.77. The maximum absolute atomic E-state index is 12.9. The van der Waals surface area contributed by atoms with E-state index in [1.54, 1.807) is 16.2 Å². The lowest BCUT2D eigenvalue weighted by atomic mass is 10.2. The summed E-state index contributed by atoms with van der Waals surface area (Å²) in [6, 6.07) is 2.02. The standard InChI is InChI=1S/C19H26F3N7OS/c1-3-5-12-10-13-15(26-18(27-16(13)31-12)25-6-9-30-4-2)28-7-8-29(14(23)11-28)17(24)19(20,21)22/h10,23-24H,3-9,11H2,1-2H3,(H,25,26,27). The molecule has 1 aliphatic rings. The number of aromatic nitrogens is 2. The molecule has 2 aromatic rings. The van der Waals surface area contributed by atoms with Crippen molar-refractivity contribution in [2.45, 2.75) is 32.9 Å². The molecule has 0 aromatic carbocycles. The Morgan fingerprint density at radius 1 is 1.29 bits per heavy atom. The summed E-state index contributed by atoms with van der Waals surface area (Å²) < 4.78 is 44.1. The first-order valence-electron chi connectivity index (χ1n) is 10.1. The Kier molecular flexibility index (Phi) is 7.31. The average molecular weight is 458 g/mol. The number of halogens is 3. The molecule has 0 atom stereocenters. The molecule has 0 spiro atoms. The third-order valence-electron chi connectivity index (χ3n) is 4.75. The Hall–Kier alpha value is -2.47. The maximum atomic E-state index is 12.9. The van der Waals surface area contributed by atoms with Gasteiger partial charge in [0.2, 0.25) is 11.8 Å². The lowest BCUT2D eigenvalue weighted by Gasteiger charge is -2.37. The number of hydrogen-bond acceptors (Lipinski definition) is 8. The van der Waals surface area contributed by atoms with E-state index in [1.165, 1.54) is 0 Å². The van der Waals surface area contributed by atoms with E-state index in [4.69, 9.17) is 15.6 Å². The number of rotatable bonds is 8. The van der Waals surface area contributed by atoms with Crippen molar-refractivity contribution >= 4 is 45.0 Å². The van der Waals surface area contributed by atoms with Gasteiger partial charge in [-0.25, -0.2) is 4.98 Å². The van der Waals surface area contributed by atoms with Gasteiger partial charge in [-0.05, 0) is 19.4 Å². The smallest absolute Gasteiger partial charge is 0.380 e. The monoisotopic (exact) mass is 457 g/mol. The summed E-state index contributed by atoms with van der Waals surface area (Å²) in [6.07, 6.45) is -2.89. The van der Waals surface area contributed by atoms with Gasteiger partial charge in [0.05, 0.1) is 18.5 Å². The number of alkyl halides is 3. The molecule has 3 N–H and O–H groups in total. The SMILES string of the molecule is CCCc1cc2c(N3CCN(C(=N)C(F)(F)F)C(=N)C3)nc(NCCOCC)nc2s1. The molecule has 8 nitrogen and oxygen atoms in total. The van der Waals surface area contributed by atoms with Gasteiger partial charge < -0.3 is 19.9 Å². The largest absolute Gasteiger partial charge is 0.449 e. The van der Waals surface area contributed by atoms with Crippen molar-refractivity contribution in [3.63, 3.8) is 0 Å². The summed E-state index contributed by atoms with van der Waals surface area (Å²) in [5, 5.41) is 19.4. The minimum Gasteiger partial charge on any atom is -0.380 e. The fourth-order valence-corrected chi connectivity index (χ4v) is 4.43. The minimum atomic E-state index is -4.78. The van der Waals surface area contributed by atoms with Crippen LogP contribution in [0.4, 0.5) is 24.9 Å². The summed E-state index contributed by atoms with van der Waals surface area (Å²) in [5.74, 6) is -0.784. The topological polar surface area (TPSA) is 101 Å². The van der Waals surface area contributed by atoms with Gasteiger partial charge in [0.25, 0.3) is 0 Å². The van der Waals surface area contributed by atoms with Gasteiger partial charge in [-0.1, -0.05) is 13.3 Å². The van der Waals surface area contributed by atoms with E-state index < -0.39 is 12.0 Å². The third kappa shape index (κ3) is 5.42. The predicted molar refractivity (Wildman–Crippen MR) is 117 cm³/mol. The molecule has 0 bridgehead atoms. The van der Waals surface area contributed by atoms with E-state index in [0.29, 0.717) is 36.4 Å². The molecule has 0 unspecified atom stereocenters. The van der Waals surface area contributed by atoms with Crippen LogP contribution in [-0.4, -0.2) is 72.1 Å². The van der Waals surface area contributed by atoms with Crippen LogP contribution >= 0.6 is 11.3 Å². The van der Waals surface area contributed by atoms with Crippen molar-refractivity contribution in [2.75, 3.05) is 49.6 Å². The van der Waals surface area contributed by atoms with Gasteiger partial charge in [-0.15, -0.1) is 11.3 Å². The van der Waals surface area contributed by atoms with E-state index in [1.807, 2.05) is 13.0 Å². The van der Waals surface area contributed by atoms with Crippen molar-refractivity contribution < 1.29 is 17.9 Å². The molecule has 170 valence electrons. The van der Waals surface area contributed by atoms with Gasteiger partial charge in [0.1, 0.15) is 16.5 Å². The number of nitrogens with one attached hydrogen (secondary N) is 3. The fourth-order valence-electron chi connectivity index (χ4n) is 3.31. The number of amidine groups is 2. The van der Waals surface area contributed by atoms with Gasteiger partial charge >= 0.3 is 6.18 Å². The molecule has 31 heavy (non-hydrogen) atoms. The van der Waals surface area contributed by atoms with Crippen LogP contribution in [0, 0.1) is 10.8 Å². The van der Waals surface area contributed by atoms with Crippen LogP contribution in [0.1, 0.15) is 25.1 Å². The number of thiophene rings is 1. The van der Waals surface area contributed by atoms with E-state index in [-0.39, 0.29) is 25.5 Å². The minimum absolute atomic E-state index is 0.0675. The van der Waals surface area contributed by atoms with Gasteiger partial charge in [-0.2, -0.15) is 18.2 Å². The number of aryl methyl sites for hydroxylation is 1.